The highest BCUT2D eigenvalue weighted by Crippen LogP contribution is 2.36. The average Bonchev–Trinajstić information content (AvgIpc) is 3.38. The van der Waals surface area contributed by atoms with E-state index >= 15 is 0 Å². The van der Waals surface area contributed by atoms with Gasteiger partial charge in [-0.2, -0.15) is 0 Å². The van der Waals surface area contributed by atoms with Gasteiger partial charge in [-0.15, -0.1) is 11.3 Å². The molecule has 1 saturated heterocycles. The fraction of sp³-hybridized carbons (Fsp3) is 0.333. The van der Waals surface area contributed by atoms with Crippen LogP contribution in [0.3, 0.4) is 0 Å². The summed E-state index contributed by atoms with van der Waals surface area (Å²) in [5.74, 6) is 0.272. The van der Waals surface area contributed by atoms with E-state index in [4.69, 9.17) is 4.98 Å². The number of aryl methyl sites for hydroxylation is 1. The van der Waals surface area contributed by atoms with E-state index < -0.39 is 0 Å². The van der Waals surface area contributed by atoms with E-state index in [1.807, 2.05) is 12.1 Å². The van der Waals surface area contributed by atoms with E-state index in [1.54, 1.807) is 11.3 Å². The lowest BCUT2D eigenvalue weighted by atomic mass is 10.0. The molecule has 0 saturated carbocycles. The maximum Gasteiger partial charge on any atom is 0.223 e. The van der Waals surface area contributed by atoms with Crippen LogP contribution in [0.1, 0.15) is 48.7 Å². The Labute approximate surface area is 174 Å². The number of fused-ring (bicyclic) bond motifs is 2. The summed E-state index contributed by atoms with van der Waals surface area (Å²) in [5, 5.41) is 2.36. The van der Waals surface area contributed by atoms with Crippen molar-refractivity contribution in [1.29, 1.82) is 0 Å². The summed E-state index contributed by atoms with van der Waals surface area (Å²) in [7, 11) is 0. The van der Waals surface area contributed by atoms with Crippen LogP contribution in [0.2, 0.25) is 0 Å². The molecule has 4 aromatic rings. The minimum atomic E-state index is 0.140. The van der Waals surface area contributed by atoms with Crippen molar-refractivity contribution in [3.05, 3.63) is 65.3 Å². The van der Waals surface area contributed by atoms with Gasteiger partial charge in [0.2, 0.25) is 5.91 Å². The summed E-state index contributed by atoms with van der Waals surface area (Å²) >= 11 is 1.74. The molecule has 4 nitrogen and oxygen atoms in total. The third-order valence-corrected chi connectivity index (χ3v) is 7.07. The molecule has 1 N–H and O–H groups in total. The number of nitrogens with one attached hydrogen (secondary N) is 1. The molecule has 2 aromatic carbocycles. The first-order valence-corrected chi connectivity index (χ1v) is 11.3. The van der Waals surface area contributed by atoms with Gasteiger partial charge in [-0.1, -0.05) is 30.3 Å². The molecule has 0 bridgehead atoms. The Kier molecular flexibility index (Phi) is 5.06. The summed E-state index contributed by atoms with van der Waals surface area (Å²) in [4.78, 5) is 23.4. The zero-order chi connectivity index (χ0) is 19.6. The molecular weight excluding hydrogens is 378 g/mol. The van der Waals surface area contributed by atoms with Crippen molar-refractivity contribution in [3.8, 4) is 0 Å². The Balaban J connectivity index is 1.27. The first kappa shape index (κ1) is 18.4. The van der Waals surface area contributed by atoms with Crippen molar-refractivity contribution in [2.75, 3.05) is 6.54 Å². The number of rotatable bonds is 5. The van der Waals surface area contributed by atoms with Crippen molar-refractivity contribution >= 4 is 38.4 Å². The number of aromatic nitrogens is 2. The topological polar surface area (TPSA) is 49.0 Å². The number of thiazole rings is 1. The summed E-state index contributed by atoms with van der Waals surface area (Å²) < 4.78 is 1.21. The van der Waals surface area contributed by atoms with Crippen molar-refractivity contribution < 1.29 is 4.79 Å². The van der Waals surface area contributed by atoms with Gasteiger partial charge in [0, 0.05) is 30.1 Å². The van der Waals surface area contributed by atoms with Gasteiger partial charge in [0.1, 0.15) is 5.01 Å². The zero-order valence-electron chi connectivity index (χ0n) is 16.4. The van der Waals surface area contributed by atoms with Crippen molar-refractivity contribution in [2.24, 2.45) is 0 Å². The molecular formula is C24H25N3OS. The molecule has 29 heavy (non-hydrogen) atoms. The highest BCUT2D eigenvalue weighted by molar-refractivity contribution is 7.18. The number of piperidine rings is 1. The Morgan fingerprint density at radius 2 is 2.00 bits per heavy atom. The van der Waals surface area contributed by atoms with Crippen LogP contribution in [0.4, 0.5) is 0 Å². The van der Waals surface area contributed by atoms with Crippen LogP contribution < -0.4 is 0 Å². The number of carbonyl (C=O) groups excluding carboxylic acids is 1. The highest BCUT2D eigenvalue weighted by Gasteiger charge is 2.29. The maximum absolute atomic E-state index is 13.1. The first-order chi connectivity index (χ1) is 14.3. The lowest BCUT2D eigenvalue weighted by Gasteiger charge is -2.34. The first-order valence-electron chi connectivity index (χ1n) is 10.5. The number of para-hydroxylation sites is 2. The highest BCUT2D eigenvalue weighted by atomic mass is 32.1. The number of nitrogens with zero attached hydrogens (tertiary/aromatic N) is 2. The summed E-state index contributed by atoms with van der Waals surface area (Å²) in [5.41, 5.74) is 3.51. The second-order valence-electron chi connectivity index (χ2n) is 7.83. The molecule has 0 aliphatic carbocycles. The summed E-state index contributed by atoms with van der Waals surface area (Å²) in [6.07, 6.45) is 7.77. The van der Waals surface area contributed by atoms with Crippen LogP contribution in [-0.2, 0) is 11.2 Å². The molecule has 5 heteroatoms. The van der Waals surface area contributed by atoms with E-state index in [-0.39, 0.29) is 11.9 Å². The average molecular weight is 404 g/mol. The van der Waals surface area contributed by atoms with Crippen LogP contribution >= 0.6 is 11.3 Å². The Morgan fingerprint density at radius 3 is 2.93 bits per heavy atom. The molecule has 0 spiro atoms. The number of benzene rings is 2. The van der Waals surface area contributed by atoms with Crippen molar-refractivity contribution in [1.82, 2.24) is 14.9 Å². The molecule has 0 unspecified atom stereocenters. The second-order valence-corrected chi connectivity index (χ2v) is 8.89. The number of carbonyl (C=O) groups is 1. The molecule has 2 aromatic heterocycles. The largest absolute Gasteiger partial charge is 0.361 e. The van der Waals surface area contributed by atoms with E-state index in [0.29, 0.717) is 6.42 Å². The molecule has 1 atom stereocenters. The van der Waals surface area contributed by atoms with Gasteiger partial charge in [0.05, 0.1) is 16.3 Å². The minimum absolute atomic E-state index is 0.140. The van der Waals surface area contributed by atoms with Crippen LogP contribution in [0.5, 0.6) is 0 Å². The van der Waals surface area contributed by atoms with Crippen LogP contribution in [0.25, 0.3) is 21.1 Å². The summed E-state index contributed by atoms with van der Waals surface area (Å²) in [6, 6.07) is 16.8. The normalized spacial score (nSPS) is 17.2. The summed E-state index contributed by atoms with van der Waals surface area (Å²) in [6.45, 7) is 0.854. The molecule has 1 fully saturated rings. The number of likely N-dealkylation sites (tertiary alicyclic amines) is 1. The standard InChI is InChI=1S/C24H25N3OS/c28-23(14-7-8-17-16-25-19-10-2-1-9-18(17)19)27-15-6-5-12-21(27)24-26-20-11-3-4-13-22(20)29-24/h1-4,9-11,13,16,21,25H,5-8,12,14-15H2/t21-/m0/s1. The van der Waals surface area contributed by atoms with Crippen LogP contribution in [-0.4, -0.2) is 27.3 Å². The van der Waals surface area contributed by atoms with Gasteiger partial charge in [0.25, 0.3) is 0 Å². The van der Waals surface area contributed by atoms with E-state index in [9.17, 15) is 4.79 Å². The van der Waals surface area contributed by atoms with Crippen molar-refractivity contribution in [2.45, 2.75) is 44.6 Å². The number of aromatic amines is 1. The fourth-order valence-electron chi connectivity index (χ4n) is 4.43. The third kappa shape index (κ3) is 3.67. The fourth-order valence-corrected chi connectivity index (χ4v) is 5.55. The smallest absolute Gasteiger partial charge is 0.223 e. The van der Waals surface area contributed by atoms with Gasteiger partial charge in [-0.05, 0) is 55.9 Å². The molecule has 0 radical (unpaired) electrons. The van der Waals surface area contributed by atoms with Gasteiger partial charge < -0.3 is 9.88 Å². The Bertz CT molecular complexity index is 1110. The van der Waals surface area contributed by atoms with Gasteiger partial charge in [-0.3, -0.25) is 4.79 Å². The monoisotopic (exact) mass is 403 g/mol. The minimum Gasteiger partial charge on any atom is -0.361 e. The predicted molar refractivity (Wildman–Crippen MR) is 119 cm³/mol. The second kappa shape index (κ2) is 7.99. The third-order valence-electron chi connectivity index (χ3n) is 5.93. The van der Waals surface area contributed by atoms with Crippen LogP contribution in [0, 0.1) is 0 Å². The molecule has 148 valence electrons. The molecule has 1 aliphatic rings. The lowest BCUT2D eigenvalue weighted by molar-refractivity contribution is -0.135. The molecule has 1 amide bonds. The Morgan fingerprint density at radius 1 is 1.14 bits per heavy atom. The number of hydrogen-bond donors (Lipinski definition) is 1. The predicted octanol–water partition coefficient (Wildman–Crippen LogP) is 5.85. The van der Waals surface area contributed by atoms with E-state index in [0.717, 1.165) is 42.8 Å². The number of amides is 1. The lowest BCUT2D eigenvalue weighted by Crippen LogP contribution is -2.38. The maximum atomic E-state index is 13.1. The van der Waals surface area contributed by atoms with Crippen LogP contribution in [0.15, 0.2) is 54.7 Å². The van der Waals surface area contributed by atoms with E-state index in [2.05, 4.69) is 52.5 Å². The Hall–Kier alpha value is -2.66. The number of H-pyrrole nitrogens is 1. The zero-order valence-corrected chi connectivity index (χ0v) is 17.3. The van der Waals surface area contributed by atoms with Gasteiger partial charge in [-0.25, -0.2) is 4.98 Å². The van der Waals surface area contributed by atoms with Crippen molar-refractivity contribution in [3.63, 3.8) is 0 Å². The van der Waals surface area contributed by atoms with E-state index in [1.165, 1.54) is 27.6 Å². The number of hydrogen-bond acceptors (Lipinski definition) is 3. The molecule has 1 aliphatic heterocycles. The van der Waals surface area contributed by atoms with Gasteiger partial charge in [0.15, 0.2) is 0 Å². The van der Waals surface area contributed by atoms with Gasteiger partial charge >= 0.3 is 0 Å². The quantitative estimate of drug-likeness (QED) is 0.454. The SMILES string of the molecule is O=C(CCCc1c[nH]c2ccccc12)N1CCCC[C@H]1c1nc2ccccc2s1. The molecule has 5 rings (SSSR count). The molecule has 3 heterocycles.